The minimum absolute atomic E-state index is 1.69. The van der Waals surface area contributed by atoms with Gasteiger partial charge in [-0.2, -0.15) is 0 Å². The van der Waals surface area contributed by atoms with Gasteiger partial charge in [0.05, 0.1) is 0 Å². The van der Waals surface area contributed by atoms with Crippen LogP contribution in [0.4, 0.5) is 0 Å². The summed E-state index contributed by atoms with van der Waals surface area (Å²) >= 11 is 0. The van der Waals surface area contributed by atoms with Crippen molar-refractivity contribution in [1.82, 2.24) is 0 Å². The second kappa shape index (κ2) is 3.63. The highest BCUT2D eigenvalue weighted by Gasteiger charge is 2.55. The molecule has 0 aromatic heterocycles. The first-order valence-corrected chi connectivity index (χ1v) is 12.4. The topological polar surface area (TPSA) is 0 Å². The summed E-state index contributed by atoms with van der Waals surface area (Å²) in [5.74, 6) is 0. The van der Waals surface area contributed by atoms with E-state index in [9.17, 15) is 0 Å². The standard InChI is InChI=1S/C18H20Si2/c1-13-14(2)20(4)17-11-7-5-9-15(17)19(13,3)16-10-6-8-12-18(16)20/h5-12H,1-4H3. The van der Waals surface area contributed by atoms with Gasteiger partial charge in [0, 0.05) is 0 Å². The van der Waals surface area contributed by atoms with Crippen LogP contribution in [0.25, 0.3) is 0 Å². The fourth-order valence-electron chi connectivity index (χ4n) is 4.56. The smallest absolute Gasteiger partial charge is 0.0790 e. The lowest BCUT2D eigenvalue weighted by atomic mass is 10.3. The van der Waals surface area contributed by atoms with E-state index in [4.69, 9.17) is 0 Å². The fourth-order valence-corrected chi connectivity index (χ4v) is 17.0. The number of hydrogen-bond acceptors (Lipinski definition) is 0. The molecule has 5 rings (SSSR count). The molecule has 2 bridgehead atoms. The number of benzene rings is 2. The van der Waals surface area contributed by atoms with Gasteiger partial charge in [0.15, 0.2) is 0 Å². The molecule has 0 atom stereocenters. The van der Waals surface area contributed by atoms with Gasteiger partial charge in [-0.3, -0.25) is 0 Å². The maximum Gasteiger partial charge on any atom is 0.140 e. The molecule has 0 nitrogen and oxygen atoms in total. The summed E-state index contributed by atoms with van der Waals surface area (Å²) in [5.41, 5.74) is 0. The van der Waals surface area contributed by atoms with Crippen LogP contribution in [0, 0.1) is 0 Å². The molecule has 0 saturated carbocycles. The molecule has 100 valence electrons. The van der Waals surface area contributed by atoms with E-state index in [1.807, 2.05) is 0 Å². The van der Waals surface area contributed by atoms with E-state index < -0.39 is 16.1 Å². The van der Waals surface area contributed by atoms with Crippen LogP contribution >= 0.6 is 0 Å². The molecule has 2 heteroatoms. The van der Waals surface area contributed by atoms with E-state index in [0.29, 0.717) is 0 Å². The lowest BCUT2D eigenvalue weighted by Gasteiger charge is -2.52. The Kier molecular flexibility index (Phi) is 2.24. The largest absolute Gasteiger partial charge is 0.140 e. The van der Waals surface area contributed by atoms with Crippen molar-refractivity contribution in [2.75, 3.05) is 0 Å². The van der Waals surface area contributed by atoms with E-state index in [-0.39, 0.29) is 0 Å². The Labute approximate surface area is 123 Å². The highest BCUT2D eigenvalue weighted by molar-refractivity contribution is 7.25. The molecule has 0 unspecified atom stereocenters. The molecule has 3 aliphatic rings. The first kappa shape index (κ1) is 12.4. The zero-order chi connectivity index (χ0) is 14.1. The Morgan fingerprint density at radius 2 is 0.800 bits per heavy atom. The summed E-state index contributed by atoms with van der Waals surface area (Å²) in [6.07, 6.45) is 0. The zero-order valence-electron chi connectivity index (χ0n) is 12.6. The Hall–Kier alpha value is -1.39. The molecule has 0 amide bonds. The van der Waals surface area contributed by atoms with Gasteiger partial charge in [0.25, 0.3) is 0 Å². The zero-order valence-corrected chi connectivity index (χ0v) is 14.6. The molecular weight excluding hydrogens is 272 g/mol. The summed E-state index contributed by atoms with van der Waals surface area (Å²) in [5, 5.41) is 10.2. The summed E-state index contributed by atoms with van der Waals surface area (Å²) in [7, 11) is -3.37. The monoisotopic (exact) mass is 292 g/mol. The van der Waals surface area contributed by atoms with Gasteiger partial charge in [0.1, 0.15) is 16.1 Å². The Morgan fingerprint density at radius 3 is 1.05 bits per heavy atom. The van der Waals surface area contributed by atoms with Crippen LogP contribution in [0.2, 0.25) is 13.1 Å². The highest BCUT2D eigenvalue weighted by Crippen LogP contribution is 2.33. The SMILES string of the molecule is CC1=C(C)[Si]2(C)c3ccccc3[Si]1(C)c1ccccc12. The van der Waals surface area contributed by atoms with Crippen LogP contribution in [0.15, 0.2) is 58.9 Å². The average Bonchev–Trinajstić information content (AvgIpc) is 2.50. The van der Waals surface area contributed by atoms with Gasteiger partial charge < -0.3 is 0 Å². The number of rotatable bonds is 0. The van der Waals surface area contributed by atoms with E-state index in [1.165, 1.54) is 0 Å². The fraction of sp³-hybridized carbons (Fsp3) is 0.222. The predicted octanol–water partition coefficient (Wildman–Crippen LogP) is 1.81. The van der Waals surface area contributed by atoms with Crippen molar-refractivity contribution < 1.29 is 0 Å². The minimum Gasteiger partial charge on any atom is -0.0790 e. The normalized spacial score (nSPS) is 30.2. The summed E-state index contributed by atoms with van der Waals surface area (Å²) in [6, 6.07) is 18.6. The van der Waals surface area contributed by atoms with Crippen molar-refractivity contribution >= 4 is 36.9 Å². The number of hydrogen-bond donors (Lipinski definition) is 0. The molecule has 0 N–H and O–H groups in total. The molecule has 0 saturated heterocycles. The van der Waals surface area contributed by atoms with Crippen molar-refractivity contribution in [2.45, 2.75) is 26.9 Å². The first-order chi connectivity index (χ1) is 9.52. The van der Waals surface area contributed by atoms with Gasteiger partial charge in [0.2, 0.25) is 0 Å². The van der Waals surface area contributed by atoms with Crippen LogP contribution in [0.1, 0.15) is 13.8 Å². The maximum absolute atomic E-state index is 2.55. The predicted molar refractivity (Wildman–Crippen MR) is 93.0 cm³/mol. The lowest BCUT2D eigenvalue weighted by molar-refractivity contribution is 1.41. The molecule has 0 fully saturated rings. The molecular formula is C18H20Si2. The Bertz CT molecular complexity index is 659. The molecule has 0 aliphatic carbocycles. The first-order valence-electron chi connectivity index (χ1n) is 7.40. The van der Waals surface area contributed by atoms with E-state index >= 15 is 0 Å². The summed E-state index contributed by atoms with van der Waals surface area (Å²) < 4.78 is 0. The van der Waals surface area contributed by atoms with E-state index in [0.717, 1.165) is 0 Å². The van der Waals surface area contributed by atoms with Gasteiger partial charge in [-0.15, -0.1) is 0 Å². The van der Waals surface area contributed by atoms with Gasteiger partial charge in [-0.1, -0.05) is 72.0 Å². The van der Waals surface area contributed by atoms with Gasteiger partial charge in [-0.25, -0.2) is 0 Å². The quantitative estimate of drug-likeness (QED) is 0.650. The molecule has 0 radical (unpaired) electrons. The molecule has 3 aliphatic heterocycles. The van der Waals surface area contributed by atoms with Gasteiger partial charge in [-0.05, 0) is 34.6 Å². The van der Waals surface area contributed by atoms with Crippen LogP contribution in [0.5, 0.6) is 0 Å². The van der Waals surface area contributed by atoms with Crippen LogP contribution in [0.3, 0.4) is 0 Å². The van der Waals surface area contributed by atoms with Crippen LogP contribution in [-0.4, -0.2) is 16.1 Å². The Balaban J connectivity index is 2.25. The van der Waals surface area contributed by atoms with Crippen molar-refractivity contribution in [3.63, 3.8) is 0 Å². The number of allylic oxidation sites excluding steroid dienone is 2. The van der Waals surface area contributed by atoms with Gasteiger partial charge >= 0.3 is 0 Å². The molecule has 20 heavy (non-hydrogen) atoms. The van der Waals surface area contributed by atoms with Crippen molar-refractivity contribution in [2.24, 2.45) is 0 Å². The van der Waals surface area contributed by atoms with Crippen molar-refractivity contribution in [3.05, 3.63) is 58.9 Å². The average molecular weight is 293 g/mol. The maximum atomic E-state index is 2.55. The van der Waals surface area contributed by atoms with Crippen LogP contribution in [-0.2, 0) is 0 Å². The highest BCUT2D eigenvalue weighted by atomic mass is 28.3. The third kappa shape index (κ3) is 1.10. The third-order valence-electron chi connectivity index (χ3n) is 6.07. The lowest BCUT2D eigenvalue weighted by Crippen LogP contribution is -2.84. The molecule has 2 aromatic rings. The minimum atomic E-state index is -1.69. The van der Waals surface area contributed by atoms with E-state index in [2.05, 4.69) is 75.5 Å². The third-order valence-corrected chi connectivity index (χ3v) is 16.6. The summed E-state index contributed by atoms with van der Waals surface area (Å²) in [4.78, 5) is 0. The van der Waals surface area contributed by atoms with Crippen molar-refractivity contribution in [1.29, 1.82) is 0 Å². The second-order valence-corrected chi connectivity index (χ2v) is 14.7. The second-order valence-electron chi connectivity index (χ2n) is 6.59. The van der Waals surface area contributed by atoms with Crippen molar-refractivity contribution in [3.8, 4) is 0 Å². The van der Waals surface area contributed by atoms with E-state index in [1.54, 1.807) is 31.1 Å². The molecule has 2 aromatic carbocycles. The molecule has 0 spiro atoms. The summed E-state index contributed by atoms with van der Waals surface area (Å²) in [6.45, 7) is 9.94. The Morgan fingerprint density at radius 1 is 0.550 bits per heavy atom. The van der Waals surface area contributed by atoms with Crippen LogP contribution < -0.4 is 20.7 Å². The molecule has 3 heterocycles.